The number of hydrogen-bond acceptors (Lipinski definition) is 0. The third-order valence-electron chi connectivity index (χ3n) is 6.24. The molecule has 0 nitrogen and oxygen atoms in total. The van der Waals surface area contributed by atoms with E-state index in [9.17, 15) is 0 Å². The Morgan fingerprint density at radius 1 is 0.690 bits per heavy atom. The van der Waals surface area contributed by atoms with E-state index >= 15 is 0 Å². The first kappa shape index (κ1) is 18.6. The van der Waals surface area contributed by atoms with Gasteiger partial charge in [-0.1, -0.05) is 0 Å². The van der Waals surface area contributed by atoms with Crippen molar-refractivity contribution in [2.24, 2.45) is 0 Å². The van der Waals surface area contributed by atoms with Crippen LogP contribution in [0.4, 0.5) is 0 Å². The number of fused-ring (bicyclic) bond motifs is 3. The molecule has 2 aliphatic carbocycles. The van der Waals surface area contributed by atoms with Crippen molar-refractivity contribution in [3.63, 3.8) is 0 Å². The molecular weight excluding hydrogens is 384 g/mol. The van der Waals surface area contributed by atoms with Crippen molar-refractivity contribution in [2.45, 2.75) is 23.3 Å². The van der Waals surface area contributed by atoms with Crippen LogP contribution in [0.2, 0.25) is 10.5 Å². The average molecular weight is 409 g/mol. The molecule has 0 fully saturated rings. The maximum atomic E-state index is 2.49. The Balaban J connectivity index is 1.74. The number of rotatable bonds is 3. The van der Waals surface area contributed by atoms with Crippen LogP contribution < -0.4 is 0 Å². The molecule has 0 saturated carbocycles. The molecule has 5 rings (SSSR count). The zero-order valence-electron chi connectivity index (χ0n) is 17.2. The van der Waals surface area contributed by atoms with Gasteiger partial charge in [-0.25, -0.2) is 0 Å². The molecule has 0 bridgehead atoms. The molecule has 1 heteroatoms. The van der Waals surface area contributed by atoms with Crippen LogP contribution in [-0.4, -0.2) is 0 Å². The van der Waals surface area contributed by atoms with Gasteiger partial charge in [0.05, 0.1) is 0 Å². The van der Waals surface area contributed by atoms with E-state index in [1.54, 1.807) is 3.88 Å². The van der Waals surface area contributed by atoms with Crippen LogP contribution >= 0.6 is 0 Å². The summed E-state index contributed by atoms with van der Waals surface area (Å²) in [6, 6.07) is 28.8. The van der Waals surface area contributed by atoms with Crippen LogP contribution in [0.15, 0.2) is 106 Å². The molecule has 0 atom stereocenters. The Bertz CT molecular complexity index is 1130. The summed E-state index contributed by atoms with van der Waals surface area (Å²) in [4.78, 5) is 0. The van der Waals surface area contributed by atoms with Gasteiger partial charge < -0.3 is 0 Å². The van der Waals surface area contributed by atoms with Gasteiger partial charge in [-0.3, -0.25) is 0 Å². The zero-order chi connectivity index (χ0) is 20.0. The summed E-state index contributed by atoms with van der Waals surface area (Å²) in [5, 5.41) is 4.99. The van der Waals surface area contributed by atoms with Crippen molar-refractivity contribution in [1.82, 2.24) is 0 Å². The summed E-state index contributed by atoms with van der Waals surface area (Å²) in [6.45, 7) is 2.29. The van der Waals surface area contributed by atoms with Gasteiger partial charge in [0.1, 0.15) is 0 Å². The standard InChI is InChI=1S/C26H19.2CH3.Ti/c1-18(19-9-3-2-4-10-19)20-15-16-21(17-20)26-24-13-7-5-11-22(24)23-12-6-8-14-25(23)26;;;/h2-16,26H,1H3;2*1H3;. The molecule has 0 aromatic heterocycles. The Labute approximate surface area is 180 Å². The van der Waals surface area contributed by atoms with Crippen LogP contribution in [0.5, 0.6) is 0 Å². The van der Waals surface area contributed by atoms with Crippen molar-refractivity contribution in [3.05, 3.63) is 123 Å². The van der Waals surface area contributed by atoms with Crippen LogP contribution in [0.1, 0.15) is 29.5 Å². The van der Waals surface area contributed by atoms with Crippen LogP contribution in [0, 0.1) is 0 Å². The third kappa shape index (κ3) is 3.03. The second kappa shape index (κ2) is 7.45. The monoisotopic (exact) mass is 409 g/mol. The molecule has 0 N–H and O–H groups in total. The van der Waals surface area contributed by atoms with Gasteiger partial charge in [-0.05, 0) is 0 Å². The van der Waals surface area contributed by atoms with Crippen molar-refractivity contribution < 1.29 is 17.9 Å². The van der Waals surface area contributed by atoms with Crippen molar-refractivity contribution in [3.8, 4) is 11.1 Å². The van der Waals surface area contributed by atoms with E-state index in [1.807, 2.05) is 0 Å². The molecule has 2 aliphatic rings. The molecule has 0 aliphatic heterocycles. The van der Waals surface area contributed by atoms with Gasteiger partial charge in [0.2, 0.25) is 0 Å². The Morgan fingerprint density at radius 2 is 1.24 bits per heavy atom. The predicted octanol–water partition coefficient (Wildman–Crippen LogP) is 7.81. The molecule has 3 aromatic carbocycles. The van der Waals surface area contributed by atoms with Gasteiger partial charge in [0.25, 0.3) is 0 Å². The number of allylic oxidation sites excluding steroid dienone is 6. The summed E-state index contributed by atoms with van der Waals surface area (Å²) in [5.74, 6) is 0.358. The molecule has 141 valence electrons. The van der Waals surface area contributed by atoms with Crippen LogP contribution in [0.3, 0.4) is 0 Å². The van der Waals surface area contributed by atoms with E-state index in [0.29, 0.717) is 5.92 Å². The topological polar surface area (TPSA) is 0 Å². The molecule has 0 heterocycles. The Morgan fingerprint density at radius 3 is 1.83 bits per heavy atom. The summed E-state index contributed by atoms with van der Waals surface area (Å²) in [6.07, 6.45) is 4.80. The quantitative estimate of drug-likeness (QED) is 0.387. The van der Waals surface area contributed by atoms with E-state index in [2.05, 4.69) is 108 Å². The first-order valence-electron chi connectivity index (χ1n) is 10.3. The second-order valence-electron chi connectivity index (χ2n) is 8.18. The van der Waals surface area contributed by atoms with E-state index in [1.165, 1.54) is 44.5 Å². The molecule has 0 amide bonds. The van der Waals surface area contributed by atoms with Gasteiger partial charge in [0.15, 0.2) is 0 Å². The minimum atomic E-state index is -1.35. The molecule has 0 unspecified atom stereocenters. The molecule has 3 aromatic rings. The zero-order valence-corrected chi connectivity index (χ0v) is 18.8. The SMILES string of the molecule is CC(=C1C=CC(C2c3ccccc3-c3ccccc32)=[C]1[Ti]([CH3])[CH3])c1ccccc1. The molecular formula is C28H25Ti. The predicted molar refractivity (Wildman–Crippen MR) is 121 cm³/mol. The van der Waals surface area contributed by atoms with Crippen LogP contribution in [-0.2, 0) is 17.9 Å². The van der Waals surface area contributed by atoms with Crippen molar-refractivity contribution in [2.75, 3.05) is 0 Å². The Hall–Kier alpha value is -2.41. The number of hydrogen-bond donors (Lipinski definition) is 0. The first-order chi connectivity index (χ1) is 14.2. The summed E-state index contributed by atoms with van der Waals surface area (Å²) >= 11 is -1.35. The first-order valence-corrected chi connectivity index (χ1v) is 14.2. The average Bonchev–Trinajstić information content (AvgIpc) is 3.33. The normalized spacial score (nSPS) is 16.8. The molecule has 29 heavy (non-hydrogen) atoms. The summed E-state index contributed by atoms with van der Waals surface area (Å²) in [5.41, 5.74) is 11.5. The summed E-state index contributed by atoms with van der Waals surface area (Å²) < 4.78 is 1.66. The second-order valence-corrected chi connectivity index (χ2v) is 12.1. The number of benzene rings is 3. The fraction of sp³-hybridized carbons (Fsp3) is 0.143. The van der Waals surface area contributed by atoms with Gasteiger partial charge in [-0.15, -0.1) is 0 Å². The fourth-order valence-corrected chi connectivity index (χ4v) is 7.46. The molecule has 0 radical (unpaired) electrons. The van der Waals surface area contributed by atoms with Gasteiger partial charge in [-0.2, -0.15) is 0 Å². The molecule has 0 spiro atoms. The van der Waals surface area contributed by atoms with E-state index in [4.69, 9.17) is 0 Å². The van der Waals surface area contributed by atoms with E-state index in [0.717, 1.165) is 0 Å². The Kier molecular flexibility index (Phi) is 4.78. The van der Waals surface area contributed by atoms with Gasteiger partial charge in [0, 0.05) is 0 Å². The summed E-state index contributed by atoms with van der Waals surface area (Å²) in [7, 11) is 0. The van der Waals surface area contributed by atoms with Gasteiger partial charge >= 0.3 is 181 Å². The third-order valence-corrected chi connectivity index (χ3v) is 8.68. The fourth-order valence-electron chi connectivity index (χ4n) is 4.94. The van der Waals surface area contributed by atoms with Crippen molar-refractivity contribution in [1.29, 1.82) is 0 Å². The van der Waals surface area contributed by atoms with E-state index in [-0.39, 0.29) is 0 Å². The maximum absolute atomic E-state index is 2.49. The van der Waals surface area contributed by atoms with Crippen LogP contribution in [0.25, 0.3) is 16.7 Å². The van der Waals surface area contributed by atoms with Crippen molar-refractivity contribution >= 4 is 5.57 Å². The van der Waals surface area contributed by atoms with E-state index < -0.39 is 17.9 Å². The molecule has 0 saturated heterocycles. The minimum absolute atomic E-state index is 0.358.